The molecule has 3 nitrogen and oxygen atoms in total. The van der Waals surface area contributed by atoms with Crippen molar-refractivity contribution in [3.8, 4) is 6.07 Å². The van der Waals surface area contributed by atoms with Crippen molar-refractivity contribution < 1.29 is 0 Å². The van der Waals surface area contributed by atoms with Crippen LogP contribution in [0.25, 0.3) is 0 Å². The van der Waals surface area contributed by atoms with Gasteiger partial charge in [-0.15, -0.1) is 0 Å². The molecular formula is C12H21N3. The van der Waals surface area contributed by atoms with Gasteiger partial charge >= 0.3 is 0 Å². The Balaban J connectivity index is 1.86. The summed E-state index contributed by atoms with van der Waals surface area (Å²) < 4.78 is 0. The first-order chi connectivity index (χ1) is 7.13. The van der Waals surface area contributed by atoms with Crippen LogP contribution < -0.4 is 5.32 Å². The van der Waals surface area contributed by atoms with Gasteiger partial charge in [0.05, 0.1) is 6.07 Å². The third-order valence-electron chi connectivity index (χ3n) is 3.60. The number of hydrogen-bond donors (Lipinski definition) is 1. The highest BCUT2D eigenvalue weighted by Crippen LogP contribution is 2.49. The molecule has 0 amide bonds. The van der Waals surface area contributed by atoms with Crippen LogP contribution in [0.5, 0.6) is 0 Å². The lowest BCUT2D eigenvalue weighted by atomic mass is 10.0. The Morgan fingerprint density at radius 3 is 2.40 bits per heavy atom. The molecule has 0 aromatic carbocycles. The van der Waals surface area contributed by atoms with Gasteiger partial charge in [-0.3, -0.25) is 4.90 Å². The highest BCUT2D eigenvalue weighted by molar-refractivity contribution is 5.02. The molecule has 2 rings (SSSR count). The van der Waals surface area contributed by atoms with Crippen LogP contribution >= 0.6 is 0 Å². The highest BCUT2D eigenvalue weighted by atomic mass is 15.2. The highest BCUT2D eigenvalue weighted by Gasteiger charge is 2.44. The molecule has 1 saturated carbocycles. The Morgan fingerprint density at radius 1 is 1.33 bits per heavy atom. The predicted octanol–water partition coefficient (Wildman–Crippen LogP) is 1.36. The van der Waals surface area contributed by atoms with Gasteiger partial charge in [0.1, 0.15) is 0 Å². The number of nitrogens with zero attached hydrogens (tertiary/aromatic N) is 2. The van der Waals surface area contributed by atoms with Crippen LogP contribution in [0.3, 0.4) is 0 Å². The van der Waals surface area contributed by atoms with E-state index in [0.717, 1.165) is 26.1 Å². The van der Waals surface area contributed by atoms with Gasteiger partial charge in [0, 0.05) is 38.1 Å². The van der Waals surface area contributed by atoms with Crippen LogP contribution in [0.4, 0.5) is 0 Å². The van der Waals surface area contributed by atoms with Gasteiger partial charge in [-0.05, 0) is 32.1 Å². The zero-order valence-electron chi connectivity index (χ0n) is 9.79. The van der Waals surface area contributed by atoms with E-state index in [-0.39, 0.29) is 0 Å². The summed E-state index contributed by atoms with van der Waals surface area (Å²) in [5, 5.41) is 12.3. The van der Waals surface area contributed by atoms with E-state index in [1.54, 1.807) is 0 Å². The molecule has 0 radical (unpaired) electrons. The summed E-state index contributed by atoms with van der Waals surface area (Å²) >= 11 is 0. The van der Waals surface area contributed by atoms with Crippen LogP contribution in [0, 0.1) is 16.7 Å². The van der Waals surface area contributed by atoms with Gasteiger partial charge in [-0.2, -0.15) is 5.26 Å². The Hall–Kier alpha value is -0.590. The Labute approximate surface area is 92.4 Å². The van der Waals surface area contributed by atoms with Crippen molar-refractivity contribution in [3.63, 3.8) is 0 Å². The minimum atomic E-state index is 0.367. The first-order valence-corrected chi connectivity index (χ1v) is 5.99. The fourth-order valence-electron chi connectivity index (χ4n) is 2.78. The molecule has 2 fully saturated rings. The molecule has 1 aliphatic heterocycles. The second-order valence-electron chi connectivity index (χ2n) is 5.50. The van der Waals surface area contributed by atoms with Crippen molar-refractivity contribution in [1.29, 1.82) is 5.26 Å². The van der Waals surface area contributed by atoms with Crippen LogP contribution in [0.2, 0.25) is 0 Å². The fraction of sp³-hybridized carbons (Fsp3) is 0.917. The smallest absolute Gasteiger partial charge is 0.0628 e. The molecule has 1 N–H and O–H groups in total. The molecule has 84 valence electrons. The Bertz CT molecular complexity index is 255. The van der Waals surface area contributed by atoms with Crippen molar-refractivity contribution in [2.45, 2.75) is 45.2 Å². The van der Waals surface area contributed by atoms with Gasteiger partial charge in [-0.1, -0.05) is 0 Å². The topological polar surface area (TPSA) is 39.1 Å². The maximum absolute atomic E-state index is 8.79. The van der Waals surface area contributed by atoms with E-state index in [2.05, 4.69) is 30.1 Å². The SMILES string of the molecule is CC1CN(CC2(CC#N)CC2)CC(C)N1. The summed E-state index contributed by atoms with van der Waals surface area (Å²) in [6.45, 7) is 7.89. The average Bonchev–Trinajstić information content (AvgIpc) is 2.83. The van der Waals surface area contributed by atoms with Crippen LogP contribution in [-0.4, -0.2) is 36.6 Å². The molecule has 3 heteroatoms. The normalized spacial score (nSPS) is 34.7. The third kappa shape index (κ3) is 2.70. The van der Waals surface area contributed by atoms with E-state index in [0.29, 0.717) is 17.5 Å². The molecule has 0 aromatic heterocycles. The van der Waals surface area contributed by atoms with E-state index in [9.17, 15) is 0 Å². The molecule has 2 atom stereocenters. The average molecular weight is 207 g/mol. The van der Waals surface area contributed by atoms with Crippen molar-refractivity contribution in [2.24, 2.45) is 5.41 Å². The molecule has 1 saturated heterocycles. The zero-order valence-corrected chi connectivity index (χ0v) is 9.79. The lowest BCUT2D eigenvalue weighted by Crippen LogP contribution is -2.55. The van der Waals surface area contributed by atoms with E-state index >= 15 is 0 Å². The van der Waals surface area contributed by atoms with E-state index in [4.69, 9.17) is 5.26 Å². The number of nitrogens with one attached hydrogen (secondary N) is 1. The molecule has 1 heterocycles. The lowest BCUT2D eigenvalue weighted by Gasteiger charge is -2.37. The van der Waals surface area contributed by atoms with Crippen LogP contribution in [0.1, 0.15) is 33.1 Å². The summed E-state index contributed by atoms with van der Waals surface area (Å²) in [6.07, 6.45) is 3.26. The van der Waals surface area contributed by atoms with E-state index in [1.165, 1.54) is 12.8 Å². The number of hydrogen-bond acceptors (Lipinski definition) is 3. The number of rotatable bonds is 3. The number of nitriles is 1. The van der Waals surface area contributed by atoms with Gasteiger partial charge in [0.2, 0.25) is 0 Å². The summed E-state index contributed by atoms with van der Waals surface area (Å²) in [6, 6.07) is 3.52. The largest absolute Gasteiger partial charge is 0.309 e. The molecule has 2 unspecified atom stereocenters. The van der Waals surface area contributed by atoms with Crippen molar-refractivity contribution in [3.05, 3.63) is 0 Å². The monoisotopic (exact) mass is 207 g/mol. The standard InChI is InChI=1S/C12H21N3/c1-10-7-15(8-11(2)14-10)9-12(3-4-12)5-6-13/h10-11,14H,3-5,7-9H2,1-2H3. The molecule has 1 aliphatic carbocycles. The van der Waals surface area contributed by atoms with Crippen molar-refractivity contribution in [1.82, 2.24) is 10.2 Å². The first-order valence-electron chi connectivity index (χ1n) is 5.99. The Kier molecular flexibility index (Phi) is 2.99. The van der Waals surface area contributed by atoms with Gasteiger partial charge in [-0.25, -0.2) is 0 Å². The Morgan fingerprint density at radius 2 is 1.93 bits per heavy atom. The molecule has 0 bridgehead atoms. The van der Waals surface area contributed by atoms with Crippen molar-refractivity contribution >= 4 is 0 Å². The maximum Gasteiger partial charge on any atom is 0.0628 e. The molecule has 2 aliphatic rings. The van der Waals surface area contributed by atoms with Gasteiger partial charge in [0.25, 0.3) is 0 Å². The molecule has 0 spiro atoms. The maximum atomic E-state index is 8.79. The van der Waals surface area contributed by atoms with Crippen LogP contribution in [0.15, 0.2) is 0 Å². The van der Waals surface area contributed by atoms with E-state index < -0.39 is 0 Å². The van der Waals surface area contributed by atoms with Crippen LogP contribution in [-0.2, 0) is 0 Å². The quantitative estimate of drug-likeness (QED) is 0.759. The van der Waals surface area contributed by atoms with Gasteiger partial charge < -0.3 is 5.32 Å². The first kappa shape index (κ1) is 10.9. The zero-order chi connectivity index (χ0) is 10.9. The predicted molar refractivity (Wildman–Crippen MR) is 60.4 cm³/mol. The minimum absolute atomic E-state index is 0.367. The summed E-state index contributed by atoms with van der Waals surface area (Å²) in [5.41, 5.74) is 0.367. The van der Waals surface area contributed by atoms with Gasteiger partial charge in [0.15, 0.2) is 0 Å². The third-order valence-corrected chi connectivity index (χ3v) is 3.60. The lowest BCUT2D eigenvalue weighted by molar-refractivity contribution is 0.145. The number of piperazine rings is 1. The summed E-state index contributed by atoms with van der Waals surface area (Å²) in [5.74, 6) is 0. The summed E-state index contributed by atoms with van der Waals surface area (Å²) in [7, 11) is 0. The molecule has 15 heavy (non-hydrogen) atoms. The van der Waals surface area contributed by atoms with E-state index in [1.807, 2.05) is 0 Å². The second-order valence-corrected chi connectivity index (χ2v) is 5.50. The molecule has 0 aromatic rings. The minimum Gasteiger partial charge on any atom is -0.309 e. The molecular weight excluding hydrogens is 186 g/mol. The second kappa shape index (κ2) is 4.11. The fourth-order valence-corrected chi connectivity index (χ4v) is 2.78. The summed E-state index contributed by atoms with van der Waals surface area (Å²) in [4.78, 5) is 2.54. The van der Waals surface area contributed by atoms with Crippen molar-refractivity contribution in [2.75, 3.05) is 19.6 Å².